The maximum Gasteiger partial charge on any atom is 0.141 e. The van der Waals surface area contributed by atoms with Gasteiger partial charge in [0.05, 0.1) is 27.4 Å². The number of hydrogen-bond acceptors (Lipinski definition) is 3. The smallest absolute Gasteiger partial charge is 0.141 e. The van der Waals surface area contributed by atoms with Gasteiger partial charge < -0.3 is 0 Å². The number of benzene rings is 1. The first-order valence-corrected chi connectivity index (χ1v) is 6.87. The van der Waals surface area contributed by atoms with Crippen molar-refractivity contribution < 1.29 is 4.39 Å². The molecule has 0 aliphatic rings. The van der Waals surface area contributed by atoms with Crippen LogP contribution in [0.1, 0.15) is 24.2 Å². The third kappa shape index (κ3) is 2.81. The van der Waals surface area contributed by atoms with Crippen molar-refractivity contribution in [1.82, 2.24) is 15.2 Å². The van der Waals surface area contributed by atoms with Crippen LogP contribution in [0.5, 0.6) is 0 Å². The number of hydrogen-bond donors (Lipinski definition) is 2. The summed E-state index contributed by atoms with van der Waals surface area (Å²) in [4.78, 5) is 0. The summed E-state index contributed by atoms with van der Waals surface area (Å²) in [5, 5.41) is 4.30. The van der Waals surface area contributed by atoms with E-state index in [-0.39, 0.29) is 11.1 Å². The van der Waals surface area contributed by atoms with E-state index in [0.29, 0.717) is 6.54 Å². The van der Waals surface area contributed by atoms with Crippen molar-refractivity contribution in [2.45, 2.75) is 19.5 Å². The highest BCUT2D eigenvalue weighted by molar-refractivity contribution is 9.10. The van der Waals surface area contributed by atoms with Crippen LogP contribution in [-0.2, 0) is 6.54 Å². The highest BCUT2D eigenvalue weighted by atomic mass is 79.9. The van der Waals surface area contributed by atoms with Crippen molar-refractivity contribution in [3.05, 3.63) is 51.0 Å². The molecule has 0 aliphatic carbocycles. The third-order valence-corrected chi connectivity index (χ3v) is 3.75. The molecule has 102 valence electrons. The van der Waals surface area contributed by atoms with Gasteiger partial charge >= 0.3 is 0 Å². The Morgan fingerprint density at radius 2 is 2.32 bits per heavy atom. The molecule has 1 atom stereocenters. The first-order valence-electron chi connectivity index (χ1n) is 5.70. The SMILES string of the molecule is CCn1ncc(Br)c1C(NN)c1ccc(F)c(Cl)c1. The predicted molar refractivity (Wildman–Crippen MR) is 76.2 cm³/mol. The molecule has 0 radical (unpaired) electrons. The second kappa shape index (κ2) is 6.00. The third-order valence-electron chi connectivity index (χ3n) is 2.85. The van der Waals surface area contributed by atoms with Crippen LogP contribution >= 0.6 is 27.5 Å². The van der Waals surface area contributed by atoms with Crippen LogP contribution in [0.4, 0.5) is 4.39 Å². The van der Waals surface area contributed by atoms with Gasteiger partial charge in [-0.2, -0.15) is 5.10 Å². The molecule has 2 aromatic rings. The Morgan fingerprint density at radius 3 is 2.89 bits per heavy atom. The number of nitrogens with zero attached hydrogens (tertiary/aromatic N) is 2. The normalized spacial score (nSPS) is 12.7. The Morgan fingerprint density at radius 1 is 1.58 bits per heavy atom. The Bertz CT molecular complexity index is 587. The quantitative estimate of drug-likeness (QED) is 0.660. The molecule has 2 rings (SSSR count). The van der Waals surface area contributed by atoms with Crippen LogP contribution in [0.15, 0.2) is 28.9 Å². The lowest BCUT2D eigenvalue weighted by Gasteiger charge is -2.18. The van der Waals surface area contributed by atoms with Crippen LogP contribution in [-0.4, -0.2) is 9.78 Å². The van der Waals surface area contributed by atoms with Crippen LogP contribution in [0.25, 0.3) is 0 Å². The first-order chi connectivity index (χ1) is 9.08. The molecule has 1 aromatic heterocycles. The Balaban J connectivity index is 2.49. The molecule has 3 N–H and O–H groups in total. The van der Waals surface area contributed by atoms with E-state index in [1.165, 1.54) is 6.07 Å². The topological polar surface area (TPSA) is 55.9 Å². The molecular formula is C12H13BrClFN4. The van der Waals surface area contributed by atoms with Crippen LogP contribution in [0.2, 0.25) is 5.02 Å². The highest BCUT2D eigenvalue weighted by Gasteiger charge is 2.21. The van der Waals surface area contributed by atoms with Crippen LogP contribution in [0, 0.1) is 5.82 Å². The number of halogens is 3. The van der Waals surface area contributed by atoms with E-state index in [1.807, 2.05) is 11.6 Å². The molecule has 0 saturated carbocycles. The minimum absolute atomic E-state index is 0.0661. The molecule has 19 heavy (non-hydrogen) atoms. The van der Waals surface area contributed by atoms with Gasteiger partial charge in [0.25, 0.3) is 0 Å². The zero-order chi connectivity index (χ0) is 14.0. The van der Waals surface area contributed by atoms with Gasteiger partial charge in [0.1, 0.15) is 5.82 Å². The summed E-state index contributed by atoms with van der Waals surface area (Å²) in [7, 11) is 0. The van der Waals surface area contributed by atoms with E-state index >= 15 is 0 Å². The molecule has 0 saturated heterocycles. The van der Waals surface area contributed by atoms with Crippen LogP contribution < -0.4 is 11.3 Å². The number of nitrogens with two attached hydrogens (primary N) is 1. The summed E-state index contributed by atoms with van der Waals surface area (Å²) in [6, 6.07) is 4.20. The Labute approximate surface area is 123 Å². The zero-order valence-corrected chi connectivity index (χ0v) is 12.5. The molecular weight excluding hydrogens is 335 g/mol. The average Bonchev–Trinajstić information content (AvgIpc) is 2.76. The van der Waals surface area contributed by atoms with Crippen molar-refractivity contribution >= 4 is 27.5 Å². The Hall–Kier alpha value is -0.950. The van der Waals surface area contributed by atoms with Gasteiger partial charge in [-0.1, -0.05) is 17.7 Å². The van der Waals surface area contributed by atoms with E-state index in [9.17, 15) is 4.39 Å². The maximum atomic E-state index is 13.2. The number of nitrogens with one attached hydrogen (secondary N) is 1. The largest absolute Gasteiger partial charge is 0.271 e. The summed E-state index contributed by atoms with van der Waals surface area (Å²) in [5.74, 6) is 5.17. The average molecular weight is 348 g/mol. The van der Waals surface area contributed by atoms with Crippen molar-refractivity contribution in [2.24, 2.45) is 5.84 Å². The van der Waals surface area contributed by atoms with Gasteiger partial charge in [-0.05, 0) is 40.5 Å². The lowest BCUT2D eigenvalue weighted by molar-refractivity contribution is 0.540. The number of rotatable bonds is 4. The van der Waals surface area contributed by atoms with Gasteiger partial charge in [0.2, 0.25) is 0 Å². The zero-order valence-electron chi connectivity index (χ0n) is 10.2. The molecule has 4 nitrogen and oxygen atoms in total. The lowest BCUT2D eigenvalue weighted by Crippen LogP contribution is -2.31. The van der Waals surface area contributed by atoms with Crippen molar-refractivity contribution in [3.63, 3.8) is 0 Å². The maximum absolute atomic E-state index is 13.2. The van der Waals surface area contributed by atoms with E-state index in [4.69, 9.17) is 17.4 Å². The van der Waals surface area contributed by atoms with Gasteiger partial charge in [-0.25, -0.2) is 9.82 Å². The van der Waals surface area contributed by atoms with Crippen LogP contribution in [0.3, 0.4) is 0 Å². The van der Waals surface area contributed by atoms with Gasteiger partial charge in [-0.3, -0.25) is 10.5 Å². The monoisotopic (exact) mass is 346 g/mol. The minimum atomic E-state index is -0.454. The molecule has 0 fully saturated rings. The summed E-state index contributed by atoms with van der Waals surface area (Å²) >= 11 is 9.26. The molecule has 7 heteroatoms. The van der Waals surface area contributed by atoms with Crippen molar-refractivity contribution in [3.8, 4) is 0 Å². The minimum Gasteiger partial charge on any atom is -0.271 e. The summed E-state index contributed by atoms with van der Waals surface area (Å²) in [5.41, 5.74) is 4.35. The number of hydrazine groups is 1. The van der Waals surface area contributed by atoms with Crippen molar-refractivity contribution in [1.29, 1.82) is 0 Å². The number of aryl methyl sites for hydroxylation is 1. The van der Waals surface area contributed by atoms with E-state index in [1.54, 1.807) is 18.3 Å². The lowest BCUT2D eigenvalue weighted by atomic mass is 10.0. The molecule has 0 bridgehead atoms. The second-order valence-electron chi connectivity index (χ2n) is 3.97. The summed E-state index contributed by atoms with van der Waals surface area (Å²) in [6.45, 7) is 2.68. The molecule has 1 aromatic carbocycles. The highest BCUT2D eigenvalue weighted by Crippen LogP contribution is 2.30. The summed E-state index contributed by atoms with van der Waals surface area (Å²) < 4.78 is 15.9. The first kappa shape index (κ1) is 14.5. The molecule has 0 amide bonds. The molecule has 1 heterocycles. The fourth-order valence-corrected chi connectivity index (χ4v) is 2.65. The molecule has 1 unspecified atom stereocenters. The molecule has 0 spiro atoms. The Kier molecular flexibility index (Phi) is 4.57. The summed E-state index contributed by atoms with van der Waals surface area (Å²) in [6.07, 6.45) is 1.70. The number of aromatic nitrogens is 2. The fraction of sp³-hybridized carbons (Fsp3) is 0.250. The second-order valence-corrected chi connectivity index (χ2v) is 5.23. The molecule has 0 aliphatic heterocycles. The van der Waals surface area contributed by atoms with Gasteiger partial charge in [-0.15, -0.1) is 0 Å². The predicted octanol–water partition coefficient (Wildman–Crippen LogP) is 3.01. The fourth-order valence-electron chi connectivity index (χ4n) is 1.94. The van der Waals surface area contributed by atoms with Gasteiger partial charge in [0.15, 0.2) is 0 Å². The van der Waals surface area contributed by atoms with Gasteiger partial charge in [0, 0.05) is 6.54 Å². The van der Waals surface area contributed by atoms with E-state index in [0.717, 1.165) is 15.7 Å². The van der Waals surface area contributed by atoms with E-state index < -0.39 is 5.82 Å². The van der Waals surface area contributed by atoms with E-state index in [2.05, 4.69) is 26.5 Å². The van der Waals surface area contributed by atoms with Crippen molar-refractivity contribution in [2.75, 3.05) is 0 Å². The standard InChI is InChI=1S/C12H13BrClFN4/c1-2-19-12(8(13)6-17-19)11(18-16)7-3-4-10(15)9(14)5-7/h3-6,11,18H,2,16H2,1H3.